The summed E-state index contributed by atoms with van der Waals surface area (Å²) in [5.41, 5.74) is 1.39. The quantitative estimate of drug-likeness (QED) is 0.671. The number of methoxy groups -OCH3 is 1. The molecule has 1 atom stereocenters. The molecule has 8 nitrogen and oxygen atoms in total. The Hall–Kier alpha value is -3.75. The topological polar surface area (TPSA) is 97.6 Å². The molecule has 1 aliphatic heterocycles. The second-order valence-corrected chi connectivity index (χ2v) is 6.90. The predicted octanol–water partition coefficient (Wildman–Crippen LogP) is 2.92. The molecule has 4 rings (SSSR count). The molecule has 1 aliphatic rings. The first kappa shape index (κ1) is 19.6. The Morgan fingerprint density at radius 2 is 2.07 bits per heavy atom. The fraction of sp³-hybridized carbons (Fsp3) is 0.238. The maximum absolute atomic E-state index is 13.1. The molecule has 1 N–H and O–H groups in total. The van der Waals surface area contributed by atoms with E-state index in [1.165, 1.54) is 12.1 Å². The van der Waals surface area contributed by atoms with Gasteiger partial charge in [-0.25, -0.2) is 4.39 Å². The number of ether oxygens (including phenoxy) is 1. The van der Waals surface area contributed by atoms with Crippen molar-refractivity contribution in [3.8, 4) is 5.75 Å². The lowest BCUT2D eigenvalue weighted by molar-refractivity contribution is -0.117. The Labute approximate surface area is 171 Å². The molecule has 0 unspecified atom stereocenters. The zero-order valence-corrected chi connectivity index (χ0v) is 16.2. The number of nitrogens with zero attached hydrogens (tertiary/aromatic N) is 3. The Balaban J connectivity index is 1.38. The third-order valence-corrected chi connectivity index (χ3v) is 4.80. The summed E-state index contributed by atoms with van der Waals surface area (Å²) < 4.78 is 23.8. The van der Waals surface area contributed by atoms with E-state index in [1.807, 2.05) is 6.07 Å². The minimum Gasteiger partial charge on any atom is -0.497 e. The highest BCUT2D eigenvalue weighted by molar-refractivity contribution is 5.96. The first-order chi connectivity index (χ1) is 14.5. The van der Waals surface area contributed by atoms with E-state index in [4.69, 9.17) is 9.15 Å². The van der Waals surface area contributed by atoms with Gasteiger partial charge in [0.15, 0.2) is 0 Å². The average molecular weight is 410 g/mol. The van der Waals surface area contributed by atoms with Gasteiger partial charge in [-0.1, -0.05) is 17.2 Å². The number of amides is 2. The van der Waals surface area contributed by atoms with E-state index >= 15 is 0 Å². The minimum absolute atomic E-state index is 0.0226. The van der Waals surface area contributed by atoms with E-state index in [9.17, 15) is 14.0 Å². The molecule has 0 aliphatic carbocycles. The summed E-state index contributed by atoms with van der Waals surface area (Å²) in [6.45, 7) is 0.337. The summed E-state index contributed by atoms with van der Waals surface area (Å²) in [4.78, 5) is 26.2. The van der Waals surface area contributed by atoms with Crippen LogP contribution in [0.4, 0.5) is 16.1 Å². The van der Waals surface area contributed by atoms with Gasteiger partial charge in [-0.2, -0.15) is 0 Å². The number of rotatable bonds is 6. The van der Waals surface area contributed by atoms with E-state index in [2.05, 4.69) is 15.5 Å². The monoisotopic (exact) mass is 410 g/mol. The Morgan fingerprint density at radius 3 is 2.83 bits per heavy atom. The molecular weight excluding hydrogens is 391 g/mol. The van der Waals surface area contributed by atoms with Gasteiger partial charge < -0.3 is 14.1 Å². The summed E-state index contributed by atoms with van der Waals surface area (Å²) in [6, 6.07) is 12.9. The first-order valence-corrected chi connectivity index (χ1v) is 9.34. The van der Waals surface area contributed by atoms with Crippen LogP contribution in [0.3, 0.4) is 0 Å². The first-order valence-electron chi connectivity index (χ1n) is 9.34. The molecule has 154 valence electrons. The van der Waals surface area contributed by atoms with Crippen molar-refractivity contribution < 1.29 is 23.1 Å². The molecular formula is C21H19FN4O4. The van der Waals surface area contributed by atoms with Crippen molar-refractivity contribution in [1.29, 1.82) is 0 Å². The maximum atomic E-state index is 13.1. The SMILES string of the molecule is COc1cccc(CC(=O)Nc2nnc([C@@H]3CC(=O)N(c4ccc(F)cc4)C3)o2)c1. The van der Waals surface area contributed by atoms with Gasteiger partial charge in [0.2, 0.25) is 17.7 Å². The van der Waals surface area contributed by atoms with Gasteiger partial charge in [0.25, 0.3) is 0 Å². The maximum Gasteiger partial charge on any atom is 0.322 e. The van der Waals surface area contributed by atoms with Crippen LogP contribution in [-0.4, -0.2) is 35.7 Å². The van der Waals surface area contributed by atoms with Crippen molar-refractivity contribution in [2.24, 2.45) is 0 Å². The molecule has 0 radical (unpaired) electrons. The summed E-state index contributed by atoms with van der Waals surface area (Å²) in [6.07, 6.45) is 0.311. The van der Waals surface area contributed by atoms with E-state index in [0.29, 0.717) is 18.0 Å². The smallest absolute Gasteiger partial charge is 0.322 e. The fourth-order valence-corrected chi connectivity index (χ4v) is 3.32. The molecule has 9 heteroatoms. The van der Waals surface area contributed by atoms with E-state index in [-0.39, 0.29) is 48.3 Å². The molecule has 2 amide bonds. The zero-order valence-electron chi connectivity index (χ0n) is 16.2. The van der Waals surface area contributed by atoms with Crippen LogP contribution in [0, 0.1) is 5.82 Å². The van der Waals surface area contributed by atoms with Crippen molar-refractivity contribution in [2.45, 2.75) is 18.8 Å². The van der Waals surface area contributed by atoms with Crippen LogP contribution in [0.5, 0.6) is 5.75 Å². The molecule has 30 heavy (non-hydrogen) atoms. The van der Waals surface area contributed by atoms with Gasteiger partial charge in [0.05, 0.1) is 19.4 Å². The highest BCUT2D eigenvalue weighted by Crippen LogP contribution is 2.31. The Morgan fingerprint density at radius 1 is 1.27 bits per heavy atom. The summed E-state index contributed by atoms with van der Waals surface area (Å²) in [7, 11) is 1.56. The van der Waals surface area contributed by atoms with E-state index in [1.54, 1.807) is 42.3 Å². The molecule has 1 saturated heterocycles. The molecule has 3 aromatic rings. The lowest BCUT2D eigenvalue weighted by Gasteiger charge is -2.15. The van der Waals surface area contributed by atoms with Crippen molar-refractivity contribution in [3.05, 3.63) is 65.8 Å². The fourth-order valence-electron chi connectivity index (χ4n) is 3.32. The lowest BCUT2D eigenvalue weighted by atomic mass is 10.1. The predicted molar refractivity (Wildman–Crippen MR) is 106 cm³/mol. The average Bonchev–Trinajstić information content (AvgIpc) is 3.35. The van der Waals surface area contributed by atoms with E-state index in [0.717, 1.165) is 5.56 Å². The Kier molecular flexibility index (Phi) is 5.42. The van der Waals surface area contributed by atoms with Gasteiger partial charge in [0, 0.05) is 18.7 Å². The number of halogens is 1. The summed E-state index contributed by atoms with van der Waals surface area (Å²) in [5, 5.41) is 10.4. The number of nitrogens with one attached hydrogen (secondary N) is 1. The van der Waals surface area contributed by atoms with Crippen LogP contribution >= 0.6 is 0 Å². The van der Waals surface area contributed by atoms with Crippen LogP contribution < -0.4 is 15.0 Å². The van der Waals surface area contributed by atoms with Crippen molar-refractivity contribution in [3.63, 3.8) is 0 Å². The molecule has 1 aromatic heterocycles. The van der Waals surface area contributed by atoms with Gasteiger partial charge in [-0.3, -0.25) is 14.9 Å². The molecule has 2 heterocycles. The molecule has 2 aromatic carbocycles. The summed E-state index contributed by atoms with van der Waals surface area (Å²) >= 11 is 0. The van der Waals surface area contributed by atoms with Gasteiger partial charge in [-0.05, 0) is 42.0 Å². The van der Waals surface area contributed by atoms with Crippen molar-refractivity contribution in [1.82, 2.24) is 10.2 Å². The van der Waals surface area contributed by atoms with E-state index < -0.39 is 0 Å². The standard InChI is InChI=1S/C21H19FN4O4/c1-29-17-4-2-3-13(9-17)10-18(27)23-21-25-24-20(30-21)14-11-19(28)26(12-14)16-7-5-15(22)6-8-16/h2-9,14H,10-12H2,1H3,(H,23,25,27)/t14-/m1/s1. The minimum atomic E-state index is -0.367. The van der Waals surface area contributed by atoms with Gasteiger partial charge in [-0.15, -0.1) is 5.10 Å². The van der Waals surface area contributed by atoms with Crippen molar-refractivity contribution in [2.75, 3.05) is 23.9 Å². The second kappa shape index (κ2) is 8.32. The van der Waals surface area contributed by atoms with Gasteiger partial charge >= 0.3 is 6.01 Å². The summed E-state index contributed by atoms with van der Waals surface area (Å²) in [5.74, 6) is -0.170. The second-order valence-electron chi connectivity index (χ2n) is 6.90. The highest BCUT2D eigenvalue weighted by Gasteiger charge is 2.35. The van der Waals surface area contributed by atoms with Crippen LogP contribution in [0.25, 0.3) is 0 Å². The zero-order chi connectivity index (χ0) is 21.1. The number of benzene rings is 2. The Bertz CT molecular complexity index is 1070. The number of hydrogen-bond acceptors (Lipinski definition) is 6. The molecule has 1 fully saturated rings. The van der Waals surface area contributed by atoms with Crippen LogP contribution in [0.2, 0.25) is 0 Å². The number of carbonyl (C=O) groups is 2. The third kappa shape index (κ3) is 4.29. The molecule has 0 saturated carbocycles. The number of anilines is 2. The number of aromatic nitrogens is 2. The lowest BCUT2D eigenvalue weighted by Crippen LogP contribution is -2.24. The molecule has 0 spiro atoms. The highest BCUT2D eigenvalue weighted by atomic mass is 19.1. The normalized spacial score (nSPS) is 16.0. The van der Waals surface area contributed by atoms with Crippen molar-refractivity contribution >= 4 is 23.5 Å². The van der Waals surface area contributed by atoms with Crippen LogP contribution in [0.1, 0.15) is 23.8 Å². The number of carbonyl (C=O) groups excluding carboxylic acids is 2. The number of hydrogen-bond donors (Lipinski definition) is 1. The molecule has 0 bridgehead atoms. The third-order valence-electron chi connectivity index (χ3n) is 4.80. The van der Waals surface area contributed by atoms with Crippen LogP contribution in [-0.2, 0) is 16.0 Å². The van der Waals surface area contributed by atoms with Crippen LogP contribution in [0.15, 0.2) is 52.9 Å². The van der Waals surface area contributed by atoms with Gasteiger partial charge in [0.1, 0.15) is 11.6 Å². The largest absolute Gasteiger partial charge is 0.497 e.